The minimum Gasteiger partial charge on any atom is -0.454 e. The Kier molecular flexibility index (Phi) is 6.46. The summed E-state index contributed by atoms with van der Waals surface area (Å²) >= 11 is 0. The number of imide groups is 1. The lowest BCUT2D eigenvalue weighted by Gasteiger charge is -2.21. The van der Waals surface area contributed by atoms with Gasteiger partial charge in [0.2, 0.25) is 11.8 Å². The average molecular weight is 398 g/mol. The Bertz CT molecular complexity index is 821. The number of nitrogens with one attached hydrogen (secondary N) is 1. The topological polar surface area (TPSA) is 92.8 Å². The van der Waals surface area contributed by atoms with Crippen LogP contribution in [0.15, 0.2) is 36.4 Å². The predicted molar refractivity (Wildman–Crippen MR) is 106 cm³/mol. The lowest BCUT2D eigenvalue weighted by atomic mass is 9.85. The van der Waals surface area contributed by atoms with E-state index in [1.807, 2.05) is 43.3 Å². The van der Waals surface area contributed by atoms with Crippen molar-refractivity contribution < 1.29 is 23.9 Å². The van der Waals surface area contributed by atoms with Crippen LogP contribution in [0.4, 0.5) is 0 Å². The molecule has 3 atom stereocenters. The molecule has 7 nitrogen and oxygen atoms in total. The molecule has 1 heterocycles. The number of carbonyl (C=O) groups excluding carboxylic acids is 4. The number of aryl methyl sites for hydroxylation is 1. The van der Waals surface area contributed by atoms with Crippen molar-refractivity contribution in [2.45, 2.75) is 39.2 Å². The summed E-state index contributed by atoms with van der Waals surface area (Å²) in [6, 6.07) is 6.87. The van der Waals surface area contributed by atoms with E-state index in [-0.39, 0.29) is 11.8 Å². The maximum Gasteiger partial charge on any atom is 0.329 e. The van der Waals surface area contributed by atoms with Gasteiger partial charge in [-0.05, 0) is 44.2 Å². The van der Waals surface area contributed by atoms with Crippen LogP contribution < -0.4 is 5.32 Å². The van der Waals surface area contributed by atoms with Crippen molar-refractivity contribution in [3.05, 3.63) is 47.5 Å². The van der Waals surface area contributed by atoms with Gasteiger partial charge in [0.25, 0.3) is 5.91 Å². The molecule has 1 N–H and O–H groups in total. The fourth-order valence-corrected chi connectivity index (χ4v) is 3.85. The molecule has 0 spiro atoms. The number of hydrogen-bond donors (Lipinski definition) is 1. The van der Waals surface area contributed by atoms with E-state index in [2.05, 4.69) is 5.32 Å². The fraction of sp³-hybridized carbons (Fsp3) is 0.455. The lowest BCUT2D eigenvalue weighted by Crippen LogP contribution is -2.45. The van der Waals surface area contributed by atoms with Crippen LogP contribution in [0.1, 0.15) is 30.9 Å². The number of rotatable bonds is 7. The largest absolute Gasteiger partial charge is 0.454 e. The maximum atomic E-state index is 12.5. The third-order valence-corrected chi connectivity index (χ3v) is 5.59. The summed E-state index contributed by atoms with van der Waals surface area (Å²) in [6.07, 6.45) is 5.48. The lowest BCUT2D eigenvalue weighted by molar-refractivity contribution is -0.159. The summed E-state index contributed by atoms with van der Waals surface area (Å²) in [4.78, 5) is 50.3. The van der Waals surface area contributed by atoms with Crippen molar-refractivity contribution >= 4 is 23.7 Å². The van der Waals surface area contributed by atoms with Crippen LogP contribution in [0, 0.1) is 18.8 Å². The molecule has 1 aromatic carbocycles. The molecule has 0 radical (unpaired) electrons. The third kappa shape index (κ3) is 4.55. The molecule has 0 unspecified atom stereocenters. The van der Waals surface area contributed by atoms with Gasteiger partial charge in [-0.3, -0.25) is 19.3 Å². The van der Waals surface area contributed by atoms with Gasteiger partial charge >= 0.3 is 5.97 Å². The highest BCUT2D eigenvalue weighted by atomic mass is 16.5. The second-order valence-corrected chi connectivity index (χ2v) is 7.51. The summed E-state index contributed by atoms with van der Waals surface area (Å²) in [5.74, 6) is -2.64. The van der Waals surface area contributed by atoms with Gasteiger partial charge < -0.3 is 10.1 Å². The van der Waals surface area contributed by atoms with E-state index >= 15 is 0 Å². The molecule has 29 heavy (non-hydrogen) atoms. The van der Waals surface area contributed by atoms with Crippen LogP contribution in [-0.2, 0) is 30.3 Å². The minimum absolute atomic E-state index is 0.337. The Morgan fingerprint density at radius 2 is 1.76 bits per heavy atom. The van der Waals surface area contributed by atoms with Gasteiger partial charge in [0, 0.05) is 6.54 Å². The zero-order valence-corrected chi connectivity index (χ0v) is 16.7. The van der Waals surface area contributed by atoms with Gasteiger partial charge in [0.05, 0.1) is 11.8 Å². The van der Waals surface area contributed by atoms with Crippen molar-refractivity contribution in [2.75, 3.05) is 13.2 Å². The van der Waals surface area contributed by atoms with Crippen LogP contribution in [0.3, 0.4) is 0 Å². The first-order valence-corrected chi connectivity index (χ1v) is 9.90. The van der Waals surface area contributed by atoms with Crippen LogP contribution in [0.5, 0.6) is 0 Å². The number of allylic oxidation sites excluding steroid dienone is 2. The Hall–Kier alpha value is -2.96. The Morgan fingerprint density at radius 1 is 1.14 bits per heavy atom. The molecular formula is C22H26N2O5. The molecule has 1 aliphatic carbocycles. The average Bonchev–Trinajstić information content (AvgIpc) is 2.97. The van der Waals surface area contributed by atoms with Crippen molar-refractivity contribution in [3.63, 3.8) is 0 Å². The monoisotopic (exact) mass is 398 g/mol. The Labute approximate surface area is 170 Å². The first-order valence-electron chi connectivity index (χ1n) is 9.90. The van der Waals surface area contributed by atoms with E-state index in [4.69, 9.17) is 4.74 Å². The second-order valence-electron chi connectivity index (χ2n) is 7.51. The normalized spacial score (nSPS) is 21.7. The van der Waals surface area contributed by atoms with E-state index in [0.29, 0.717) is 25.8 Å². The molecule has 0 saturated carbocycles. The molecule has 3 rings (SSSR count). The summed E-state index contributed by atoms with van der Waals surface area (Å²) in [5, 5.41) is 2.71. The van der Waals surface area contributed by atoms with Crippen LogP contribution in [-0.4, -0.2) is 47.8 Å². The van der Waals surface area contributed by atoms with Gasteiger partial charge in [0.1, 0.15) is 6.04 Å². The van der Waals surface area contributed by atoms with Gasteiger partial charge in [-0.25, -0.2) is 4.79 Å². The number of ether oxygens (including phenoxy) is 1. The number of benzene rings is 1. The number of amides is 3. The van der Waals surface area contributed by atoms with E-state index in [1.165, 1.54) is 6.92 Å². The molecule has 1 aromatic rings. The number of fused-ring (bicyclic) bond motifs is 1. The SMILES string of the molecule is Cc1ccccc1CCNC(=O)COC(=O)[C@H](C)N1C(=O)[C@@H]2CC=CC[C@H]2C1=O. The summed E-state index contributed by atoms with van der Waals surface area (Å²) in [5.41, 5.74) is 2.29. The summed E-state index contributed by atoms with van der Waals surface area (Å²) in [7, 11) is 0. The molecule has 0 aromatic heterocycles. The molecular weight excluding hydrogens is 372 g/mol. The zero-order valence-electron chi connectivity index (χ0n) is 16.7. The van der Waals surface area contributed by atoms with Crippen molar-refractivity contribution in [3.8, 4) is 0 Å². The molecule has 154 valence electrons. The van der Waals surface area contributed by atoms with Crippen molar-refractivity contribution in [2.24, 2.45) is 11.8 Å². The second kappa shape index (κ2) is 9.03. The highest BCUT2D eigenvalue weighted by Crippen LogP contribution is 2.36. The highest BCUT2D eigenvalue weighted by Gasteiger charge is 2.50. The zero-order chi connectivity index (χ0) is 21.0. The van der Waals surface area contributed by atoms with Crippen molar-refractivity contribution in [1.29, 1.82) is 0 Å². The standard InChI is InChI=1S/C22H26N2O5/c1-14-7-3-4-8-16(14)11-12-23-19(25)13-29-22(28)15(2)24-20(26)17-9-5-6-10-18(17)21(24)27/h3-8,15,17-18H,9-13H2,1-2H3,(H,23,25)/t15-,17+,18+/m0/s1. The molecule has 1 aliphatic heterocycles. The van der Waals surface area contributed by atoms with E-state index in [9.17, 15) is 19.2 Å². The molecule has 7 heteroatoms. The quantitative estimate of drug-likeness (QED) is 0.427. The number of esters is 1. The van der Waals surface area contributed by atoms with Crippen molar-refractivity contribution in [1.82, 2.24) is 10.2 Å². The highest BCUT2D eigenvalue weighted by molar-refractivity contribution is 6.08. The smallest absolute Gasteiger partial charge is 0.329 e. The van der Waals surface area contributed by atoms with Gasteiger partial charge in [-0.1, -0.05) is 36.4 Å². The van der Waals surface area contributed by atoms with Gasteiger partial charge in [-0.2, -0.15) is 0 Å². The maximum absolute atomic E-state index is 12.5. The van der Waals surface area contributed by atoms with Crippen LogP contribution in [0.2, 0.25) is 0 Å². The first kappa shape index (κ1) is 20.8. The van der Waals surface area contributed by atoms with Gasteiger partial charge in [0.15, 0.2) is 6.61 Å². The number of hydrogen-bond acceptors (Lipinski definition) is 5. The molecule has 1 fully saturated rings. The van der Waals surface area contributed by atoms with E-state index in [0.717, 1.165) is 16.0 Å². The third-order valence-electron chi connectivity index (χ3n) is 5.59. The minimum atomic E-state index is -1.04. The summed E-state index contributed by atoms with van der Waals surface area (Å²) < 4.78 is 5.04. The number of likely N-dealkylation sites (tertiary alicyclic amines) is 1. The fourth-order valence-electron chi connectivity index (χ4n) is 3.85. The predicted octanol–water partition coefficient (Wildman–Crippen LogP) is 1.54. The molecule has 1 saturated heterocycles. The molecule has 3 amide bonds. The van der Waals surface area contributed by atoms with Crippen LogP contribution in [0.25, 0.3) is 0 Å². The Balaban J connectivity index is 1.45. The number of carbonyl (C=O) groups is 4. The molecule has 2 aliphatic rings. The Morgan fingerprint density at radius 3 is 2.38 bits per heavy atom. The first-order chi connectivity index (χ1) is 13.9. The number of nitrogens with zero attached hydrogens (tertiary/aromatic N) is 1. The van der Waals surface area contributed by atoms with Gasteiger partial charge in [-0.15, -0.1) is 0 Å². The van der Waals surface area contributed by atoms with E-state index in [1.54, 1.807) is 0 Å². The van der Waals surface area contributed by atoms with Crippen LogP contribution >= 0.6 is 0 Å². The summed E-state index contributed by atoms with van der Waals surface area (Å²) in [6.45, 7) is 3.45. The van der Waals surface area contributed by atoms with E-state index < -0.39 is 36.4 Å². The molecule has 0 bridgehead atoms.